The van der Waals surface area contributed by atoms with Crippen LogP contribution < -0.4 is 10.9 Å². The highest BCUT2D eigenvalue weighted by Crippen LogP contribution is 2.36. The largest absolute Gasteiger partial charge is 0.316 e. The van der Waals surface area contributed by atoms with Gasteiger partial charge in [0, 0.05) is 30.8 Å². The fraction of sp³-hybridized carbons (Fsp3) is 0.353. The number of fused-ring (bicyclic) bond motifs is 4. The van der Waals surface area contributed by atoms with Crippen molar-refractivity contribution in [2.75, 3.05) is 13.1 Å². The Morgan fingerprint density at radius 2 is 1.56 bits per heavy atom. The van der Waals surface area contributed by atoms with E-state index < -0.39 is 40.2 Å². The third kappa shape index (κ3) is 2.38. The number of piperidine rings is 1. The molecule has 25 heavy (non-hydrogen) atoms. The fourth-order valence-corrected chi connectivity index (χ4v) is 3.81. The first-order valence-corrected chi connectivity index (χ1v) is 7.85. The molecule has 0 amide bonds. The van der Waals surface area contributed by atoms with Gasteiger partial charge in [-0.2, -0.15) is 0 Å². The molecule has 2 atom stereocenters. The maximum atomic E-state index is 14.1. The third-order valence-corrected chi connectivity index (χ3v) is 4.96. The zero-order valence-electron chi connectivity index (χ0n) is 12.9. The van der Waals surface area contributed by atoms with E-state index in [0.717, 1.165) is 19.0 Å². The van der Waals surface area contributed by atoms with E-state index >= 15 is 0 Å². The van der Waals surface area contributed by atoms with Crippen molar-refractivity contribution in [2.45, 2.75) is 18.9 Å². The Hall–Kier alpha value is -2.22. The normalized spacial score (nSPS) is 22.0. The lowest BCUT2D eigenvalue weighted by Crippen LogP contribution is -2.44. The standard InChI is InChI=1S/C17H13F5N2O/c18-13-12(14(19)16(21)17(22)15(13)20)8-2-10-9-1-7(4-23-5-9)6-24(10)11(25)3-8/h2-3,7,9,23H,1,4-6H2. The summed E-state index contributed by atoms with van der Waals surface area (Å²) < 4.78 is 69.8. The number of hydrogen-bond acceptors (Lipinski definition) is 2. The molecule has 0 aliphatic carbocycles. The Balaban J connectivity index is 1.95. The van der Waals surface area contributed by atoms with Crippen molar-refractivity contribution in [1.29, 1.82) is 0 Å². The number of pyridine rings is 1. The third-order valence-electron chi connectivity index (χ3n) is 4.96. The van der Waals surface area contributed by atoms with Crippen molar-refractivity contribution in [2.24, 2.45) is 5.92 Å². The second kappa shape index (κ2) is 5.66. The fourth-order valence-electron chi connectivity index (χ4n) is 3.81. The van der Waals surface area contributed by atoms with Crippen molar-refractivity contribution < 1.29 is 22.0 Å². The maximum absolute atomic E-state index is 14.1. The number of halogens is 5. The second-order valence-corrected chi connectivity index (χ2v) is 6.52. The maximum Gasteiger partial charge on any atom is 0.251 e. The molecular weight excluding hydrogens is 343 g/mol. The summed E-state index contributed by atoms with van der Waals surface area (Å²) in [6, 6.07) is 2.28. The number of aromatic nitrogens is 1. The molecule has 1 aromatic carbocycles. The first-order valence-electron chi connectivity index (χ1n) is 7.85. The van der Waals surface area contributed by atoms with Gasteiger partial charge in [-0.05, 0) is 30.5 Å². The summed E-state index contributed by atoms with van der Waals surface area (Å²) in [4.78, 5) is 12.4. The van der Waals surface area contributed by atoms with Gasteiger partial charge in [0.15, 0.2) is 23.3 Å². The number of hydrogen-bond donors (Lipinski definition) is 1. The molecule has 1 N–H and O–H groups in total. The molecule has 2 aliphatic heterocycles. The van der Waals surface area contributed by atoms with Gasteiger partial charge in [0.25, 0.3) is 5.56 Å². The van der Waals surface area contributed by atoms with Crippen LogP contribution in [-0.2, 0) is 6.54 Å². The molecule has 1 aromatic heterocycles. The summed E-state index contributed by atoms with van der Waals surface area (Å²) in [5, 5.41) is 3.22. The van der Waals surface area contributed by atoms with Crippen molar-refractivity contribution in [1.82, 2.24) is 9.88 Å². The molecule has 0 radical (unpaired) electrons. The second-order valence-electron chi connectivity index (χ2n) is 6.52. The van der Waals surface area contributed by atoms with E-state index in [2.05, 4.69) is 5.32 Å². The van der Waals surface area contributed by atoms with Crippen LogP contribution in [0.1, 0.15) is 18.0 Å². The van der Waals surface area contributed by atoms with Gasteiger partial charge in [-0.3, -0.25) is 4.79 Å². The Bertz CT molecular complexity index is 911. The molecular formula is C17H13F5N2O. The van der Waals surface area contributed by atoms with E-state index in [-0.39, 0.29) is 17.4 Å². The highest BCUT2D eigenvalue weighted by Gasteiger charge is 2.33. The SMILES string of the molecule is O=c1cc(-c2c(F)c(F)c(F)c(F)c2F)cc2n1CC1CNCC2C1. The van der Waals surface area contributed by atoms with E-state index in [9.17, 15) is 26.7 Å². The molecule has 4 rings (SSSR count). The minimum atomic E-state index is -2.22. The van der Waals surface area contributed by atoms with Gasteiger partial charge >= 0.3 is 0 Å². The zero-order chi connectivity index (χ0) is 17.9. The van der Waals surface area contributed by atoms with E-state index in [1.165, 1.54) is 10.6 Å². The van der Waals surface area contributed by atoms with Gasteiger partial charge in [-0.1, -0.05) is 0 Å². The minimum Gasteiger partial charge on any atom is -0.316 e. The highest BCUT2D eigenvalue weighted by molar-refractivity contribution is 5.65. The lowest BCUT2D eigenvalue weighted by atomic mass is 9.83. The Morgan fingerprint density at radius 1 is 0.920 bits per heavy atom. The molecule has 3 nitrogen and oxygen atoms in total. The van der Waals surface area contributed by atoms with Crippen molar-refractivity contribution >= 4 is 0 Å². The molecule has 8 heteroatoms. The quantitative estimate of drug-likeness (QED) is 0.484. The van der Waals surface area contributed by atoms with Crippen LogP contribution in [0.15, 0.2) is 16.9 Å². The molecule has 2 aliphatic rings. The zero-order valence-corrected chi connectivity index (χ0v) is 12.9. The van der Waals surface area contributed by atoms with Crippen LogP contribution in [0.2, 0.25) is 0 Å². The van der Waals surface area contributed by atoms with Crippen LogP contribution in [0.4, 0.5) is 22.0 Å². The molecule has 2 unspecified atom stereocenters. The van der Waals surface area contributed by atoms with Crippen LogP contribution in [0, 0.1) is 35.0 Å². The van der Waals surface area contributed by atoms with E-state index in [1.807, 2.05) is 0 Å². The summed E-state index contributed by atoms with van der Waals surface area (Å²) in [6.07, 6.45) is 0.812. The minimum absolute atomic E-state index is 0.0404. The van der Waals surface area contributed by atoms with Gasteiger partial charge in [-0.25, -0.2) is 22.0 Å². The van der Waals surface area contributed by atoms with Crippen molar-refractivity contribution in [3.05, 3.63) is 57.3 Å². The van der Waals surface area contributed by atoms with Crippen molar-refractivity contribution in [3.8, 4) is 11.1 Å². The van der Waals surface area contributed by atoms with Crippen LogP contribution in [0.5, 0.6) is 0 Å². The summed E-state index contributed by atoms with van der Waals surface area (Å²) in [5.41, 5.74) is -1.32. The predicted octanol–water partition coefficient (Wildman–Crippen LogP) is 2.92. The van der Waals surface area contributed by atoms with Crippen LogP contribution >= 0.6 is 0 Å². The monoisotopic (exact) mass is 356 g/mol. The van der Waals surface area contributed by atoms with Gasteiger partial charge in [0.1, 0.15) is 0 Å². The predicted molar refractivity (Wildman–Crippen MR) is 79.6 cm³/mol. The highest BCUT2D eigenvalue weighted by atomic mass is 19.2. The van der Waals surface area contributed by atoms with Crippen LogP contribution in [-0.4, -0.2) is 17.7 Å². The lowest BCUT2D eigenvalue weighted by molar-refractivity contribution is 0.257. The molecule has 1 fully saturated rings. The number of benzene rings is 1. The first-order chi connectivity index (χ1) is 11.9. The van der Waals surface area contributed by atoms with Gasteiger partial charge < -0.3 is 9.88 Å². The number of nitrogens with one attached hydrogen (secondary N) is 1. The summed E-state index contributed by atoms with van der Waals surface area (Å²) in [5.74, 6) is -9.89. The lowest BCUT2D eigenvalue weighted by Gasteiger charge is -2.37. The van der Waals surface area contributed by atoms with Crippen LogP contribution in [0.3, 0.4) is 0 Å². The molecule has 0 spiro atoms. The van der Waals surface area contributed by atoms with Crippen molar-refractivity contribution in [3.63, 3.8) is 0 Å². The average Bonchev–Trinajstić information content (AvgIpc) is 2.60. The molecule has 0 saturated carbocycles. The summed E-state index contributed by atoms with van der Waals surface area (Å²) in [6.45, 7) is 1.84. The average molecular weight is 356 g/mol. The number of nitrogens with zero attached hydrogens (tertiary/aromatic N) is 1. The number of rotatable bonds is 1. The molecule has 1 saturated heterocycles. The molecule has 2 aromatic rings. The Labute approximate surface area is 139 Å². The Morgan fingerprint density at radius 3 is 2.24 bits per heavy atom. The van der Waals surface area contributed by atoms with Gasteiger partial charge in [-0.15, -0.1) is 0 Å². The van der Waals surface area contributed by atoms with Crippen LogP contribution in [0.25, 0.3) is 11.1 Å². The first kappa shape index (κ1) is 16.3. The molecule has 132 valence electrons. The molecule has 3 heterocycles. The van der Waals surface area contributed by atoms with E-state index in [4.69, 9.17) is 0 Å². The topological polar surface area (TPSA) is 34.0 Å². The Kier molecular flexibility index (Phi) is 3.68. The smallest absolute Gasteiger partial charge is 0.251 e. The summed E-state index contributed by atoms with van der Waals surface area (Å²) >= 11 is 0. The van der Waals surface area contributed by atoms with Gasteiger partial charge in [0.2, 0.25) is 5.82 Å². The van der Waals surface area contributed by atoms with E-state index in [1.54, 1.807) is 0 Å². The van der Waals surface area contributed by atoms with Gasteiger partial charge in [0.05, 0.1) is 5.56 Å². The summed E-state index contributed by atoms with van der Waals surface area (Å²) in [7, 11) is 0. The molecule has 2 bridgehead atoms. The van der Waals surface area contributed by atoms with E-state index in [0.29, 0.717) is 18.8 Å².